The maximum absolute atomic E-state index is 14.6. The molecule has 8 heteroatoms. The molecule has 1 aliphatic rings. The summed E-state index contributed by atoms with van der Waals surface area (Å²) in [5.74, 6) is -1.26. The lowest BCUT2D eigenvalue weighted by Gasteiger charge is -2.31. The Labute approximate surface area is 137 Å². The van der Waals surface area contributed by atoms with Gasteiger partial charge in [0.2, 0.25) is 5.91 Å². The second kappa shape index (κ2) is 5.63. The molecular formula is C16H17FN4O3. The number of carbonyl (C=O) groups is 2. The van der Waals surface area contributed by atoms with Crippen LogP contribution in [0.3, 0.4) is 0 Å². The first-order valence-electron chi connectivity index (χ1n) is 7.38. The number of hydrogen-bond acceptors (Lipinski definition) is 4. The Morgan fingerprint density at radius 2 is 2.29 bits per heavy atom. The van der Waals surface area contributed by atoms with Gasteiger partial charge in [0.15, 0.2) is 0 Å². The third-order valence-electron chi connectivity index (χ3n) is 4.34. The summed E-state index contributed by atoms with van der Waals surface area (Å²) < 4.78 is 21.1. The van der Waals surface area contributed by atoms with E-state index in [1.54, 1.807) is 18.5 Å². The van der Waals surface area contributed by atoms with Crippen LogP contribution in [0.4, 0.5) is 9.18 Å². The topological polar surface area (TPSA) is 99.2 Å². The number of aromatic nitrogens is 2. The van der Waals surface area contributed by atoms with Crippen LogP contribution in [0, 0.1) is 12.7 Å². The van der Waals surface area contributed by atoms with Gasteiger partial charge in [-0.15, -0.1) is 0 Å². The molecule has 2 heterocycles. The van der Waals surface area contributed by atoms with Crippen molar-refractivity contribution in [1.82, 2.24) is 15.1 Å². The Morgan fingerprint density at radius 3 is 2.79 bits per heavy atom. The number of benzene rings is 1. The molecule has 2 atom stereocenters. The molecule has 0 bridgehead atoms. The van der Waals surface area contributed by atoms with Crippen molar-refractivity contribution in [3.63, 3.8) is 0 Å². The number of ether oxygens (including phenoxy) is 1. The second-order valence-corrected chi connectivity index (χ2v) is 5.97. The molecule has 24 heavy (non-hydrogen) atoms. The Hall–Kier alpha value is -2.90. The predicted octanol–water partition coefficient (Wildman–Crippen LogP) is 1.17. The van der Waals surface area contributed by atoms with Crippen LogP contribution in [0.5, 0.6) is 0 Å². The lowest BCUT2D eigenvalue weighted by molar-refractivity contribution is -0.126. The van der Waals surface area contributed by atoms with Gasteiger partial charge in [0.25, 0.3) is 0 Å². The molecule has 1 aliphatic heterocycles. The Kier molecular flexibility index (Phi) is 3.75. The first kappa shape index (κ1) is 16.0. The zero-order valence-electron chi connectivity index (χ0n) is 13.2. The summed E-state index contributed by atoms with van der Waals surface area (Å²) in [5, 5.41) is 6.54. The van der Waals surface area contributed by atoms with E-state index in [0.29, 0.717) is 5.56 Å². The largest absolute Gasteiger partial charge is 0.443 e. The lowest BCUT2D eigenvalue weighted by atomic mass is 9.76. The van der Waals surface area contributed by atoms with Gasteiger partial charge < -0.3 is 15.8 Å². The summed E-state index contributed by atoms with van der Waals surface area (Å²) in [6, 6.07) is 4.33. The average Bonchev–Trinajstić information content (AvgIpc) is 3.15. The van der Waals surface area contributed by atoms with Gasteiger partial charge >= 0.3 is 6.09 Å². The third-order valence-corrected chi connectivity index (χ3v) is 4.34. The number of cyclic esters (lactones) is 1. The number of nitrogens with two attached hydrogens (primary N) is 1. The summed E-state index contributed by atoms with van der Waals surface area (Å²) in [6.07, 6.45) is 1.87. The zero-order valence-corrected chi connectivity index (χ0v) is 13.2. The molecule has 1 saturated heterocycles. The van der Waals surface area contributed by atoms with Crippen LogP contribution in [0.1, 0.15) is 18.1 Å². The number of alkyl carbamates (subject to hydrolysis) is 1. The Morgan fingerprint density at radius 1 is 1.54 bits per heavy atom. The van der Waals surface area contributed by atoms with Crippen LogP contribution in [-0.4, -0.2) is 34.4 Å². The number of nitrogens with zero attached hydrogens (tertiary/aromatic N) is 2. The van der Waals surface area contributed by atoms with E-state index in [9.17, 15) is 14.0 Å². The second-order valence-electron chi connectivity index (χ2n) is 5.97. The number of aryl methyl sites for hydroxylation is 1. The van der Waals surface area contributed by atoms with Crippen molar-refractivity contribution >= 4 is 12.0 Å². The molecule has 2 aromatic rings. The van der Waals surface area contributed by atoms with Gasteiger partial charge in [0.05, 0.1) is 12.7 Å². The molecule has 0 saturated carbocycles. The van der Waals surface area contributed by atoms with Gasteiger partial charge in [-0.3, -0.25) is 4.79 Å². The number of nitrogens with one attached hydrogen (secondary N) is 1. The summed E-state index contributed by atoms with van der Waals surface area (Å²) in [4.78, 5) is 23.3. The normalized spacial score (nSPS) is 19.5. The van der Waals surface area contributed by atoms with Gasteiger partial charge in [-0.2, -0.15) is 5.10 Å². The van der Waals surface area contributed by atoms with Crippen LogP contribution >= 0.6 is 0 Å². The van der Waals surface area contributed by atoms with Crippen LogP contribution in [0.25, 0.3) is 5.69 Å². The number of rotatable bonds is 4. The van der Waals surface area contributed by atoms with E-state index in [2.05, 4.69) is 10.4 Å². The van der Waals surface area contributed by atoms with Crippen molar-refractivity contribution in [1.29, 1.82) is 0 Å². The summed E-state index contributed by atoms with van der Waals surface area (Å²) in [6.45, 7) is 3.51. The van der Waals surface area contributed by atoms with Crippen molar-refractivity contribution < 1.29 is 18.7 Å². The minimum absolute atomic E-state index is 0.125. The van der Waals surface area contributed by atoms with E-state index in [1.165, 1.54) is 23.7 Å². The Bertz CT molecular complexity index is 819. The molecule has 3 rings (SSSR count). The third kappa shape index (κ3) is 2.49. The van der Waals surface area contributed by atoms with Crippen LogP contribution in [-0.2, 0) is 14.9 Å². The molecule has 7 nitrogen and oxygen atoms in total. The molecule has 2 unspecified atom stereocenters. The fraction of sp³-hybridized carbons (Fsp3) is 0.312. The molecule has 0 radical (unpaired) electrons. The quantitative estimate of drug-likeness (QED) is 0.878. The van der Waals surface area contributed by atoms with E-state index >= 15 is 0 Å². The van der Waals surface area contributed by atoms with Gasteiger partial charge in [0.1, 0.15) is 23.0 Å². The van der Waals surface area contributed by atoms with Gasteiger partial charge in [-0.25, -0.2) is 13.9 Å². The smallest absolute Gasteiger partial charge is 0.407 e. The maximum atomic E-state index is 14.6. The highest BCUT2D eigenvalue weighted by molar-refractivity contribution is 5.88. The minimum atomic E-state index is -1.35. The van der Waals surface area contributed by atoms with Gasteiger partial charge in [-0.05, 0) is 37.1 Å². The van der Waals surface area contributed by atoms with E-state index in [1.807, 2.05) is 6.92 Å². The van der Waals surface area contributed by atoms with Crippen LogP contribution < -0.4 is 11.1 Å². The highest BCUT2D eigenvalue weighted by Gasteiger charge is 2.47. The molecule has 1 fully saturated rings. The average molecular weight is 332 g/mol. The molecule has 1 aromatic carbocycles. The SMILES string of the molecule is Cc1cnn(-c2ccc(C(C)(C(N)=O)C3CNC(=O)O3)cc2F)c1. The van der Waals surface area contributed by atoms with E-state index in [0.717, 1.165) is 5.56 Å². The summed E-state index contributed by atoms with van der Waals surface area (Å²) >= 11 is 0. The number of carbonyl (C=O) groups excluding carboxylic acids is 2. The van der Waals surface area contributed by atoms with E-state index in [4.69, 9.17) is 10.5 Å². The number of primary amides is 1. The standard InChI is InChI=1S/C16H17FN4O3/c1-9-6-20-21(8-9)12-4-3-10(5-11(12)17)16(2,14(18)22)13-7-19-15(23)24-13/h3-6,8,13H,7H2,1-2H3,(H2,18,22)(H,19,23). The maximum Gasteiger partial charge on any atom is 0.407 e. The fourth-order valence-electron chi connectivity index (χ4n) is 2.76. The summed E-state index contributed by atoms with van der Waals surface area (Å²) in [5.41, 5.74) is 5.66. The van der Waals surface area contributed by atoms with Crippen LogP contribution in [0.15, 0.2) is 30.6 Å². The number of amides is 2. The lowest BCUT2D eigenvalue weighted by Crippen LogP contribution is -2.49. The van der Waals surface area contributed by atoms with E-state index in [-0.39, 0.29) is 12.2 Å². The molecule has 0 aliphatic carbocycles. The highest BCUT2D eigenvalue weighted by atomic mass is 19.1. The van der Waals surface area contributed by atoms with Crippen molar-refractivity contribution in [2.75, 3.05) is 6.54 Å². The van der Waals surface area contributed by atoms with Gasteiger partial charge in [-0.1, -0.05) is 6.07 Å². The minimum Gasteiger partial charge on any atom is -0.443 e. The molecule has 126 valence electrons. The highest BCUT2D eigenvalue weighted by Crippen LogP contribution is 2.32. The summed E-state index contributed by atoms with van der Waals surface area (Å²) in [7, 11) is 0. The van der Waals surface area contributed by atoms with Crippen molar-refractivity contribution in [3.05, 3.63) is 47.5 Å². The molecule has 3 N–H and O–H groups in total. The number of halogens is 1. The fourth-order valence-corrected chi connectivity index (χ4v) is 2.76. The van der Waals surface area contributed by atoms with Crippen molar-refractivity contribution in [2.24, 2.45) is 5.73 Å². The molecule has 1 aromatic heterocycles. The van der Waals surface area contributed by atoms with Crippen molar-refractivity contribution in [3.8, 4) is 5.69 Å². The van der Waals surface area contributed by atoms with Crippen molar-refractivity contribution in [2.45, 2.75) is 25.4 Å². The van der Waals surface area contributed by atoms with Gasteiger partial charge in [0, 0.05) is 6.20 Å². The van der Waals surface area contributed by atoms with Crippen LogP contribution in [0.2, 0.25) is 0 Å². The first-order valence-corrected chi connectivity index (χ1v) is 7.38. The number of hydrogen-bond donors (Lipinski definition) is 2. The zero-order chi connectivity index (χ0) is 17.5. The molecular weight excluding hydrogens is 315 g/mol. The first-order chi connectivity index (χ1) is 11.3. The monoisotopic (exact) mass is 332 g/mol. The predicted molar refractivity (Wildman–Crippen MR) is 83.1 cm³/mol. The Balaban J connectivity index is 2.02. The van der Waals surface area contributed by atoms with E-state index < -0.39 is 29.3 Å². The molecule has 2 amide bonds. The molecule has 0 spiro atoms.